The van der Waals surface area contributed by atoms with Gasteiger partial charge in [-0.05, 0) is 6.92 Å². The number of carbonyl (C=O) groups excluding carboxylic acids is 1. The molecule has 2 aromatic heterocycles. The van der Waals surface area contributed by atoms with Crippen LogP contribution in [-0.2, 0) is 9.53 Å². The highest BCUT2D eigenvalue weighted by molar-refractivity contribution is 7.21. The molecule has 0 saturated heterocycles. The van der Waals surface area contributed by atoms with Crippen LogP contribution in [0.25, 0.3) is 10.3 Å². The van der Waals surface area contributed by atoms with E-state index in [1.165, 1.54) is 0 Å². The predicted octanol–water partition coefficient (Wildman–Crippen LogP) is 2.43. The van der Waals surface area contributed by atoms with Crippen molar-refractivity contribution in [1.82, 2.24) is 9.97 Å². The molecule has 0 aliphatic heterocycles. The number of esters is 1. The van der Waals surface area contributed by atoms with Gasteiger partial charge >= 0.3 is 5.97 Å². The van der Waals surface area contributed by atoms with Gasteiger partial charge in [-0.2, -0.15) is 4.98 Å². The number of thiazole rings is 1. The lowest BCUT2D eigenvalue weighted by molar-refractivity contribution is -0.145. The van der Waals surface area contributed by atoms with Crippen LogP contribution in [0.1, 0.15) is 6.92 Å². The Morgan fingerprint density at radius 3 is 3.06 bits per heavy atom. The van der Waals surface area contributed by atoms with E-state index in [0.29, 0.717) is 10.3 Å². The van der Waals surface area contributed by atoms with Crippen LogP contribution in [0.2, 0.25) is 4.47 Å². The van der Waals surface area contributed by atoms with E-state index in [2.05, 4.69) is 14.7 Å². The molecule has 2 heterocycles. The minimum atomic E-state index is -0.700. The first kappa shape index (κ1) is 13.0. The number of rotatable bonds is 4. The van der Waals surface area contributed by atoms with Gasteiger partial charge in [0.2, 0.25) is 0 Å². The summed E-state index contributed by atoms with van der Waals surface area (Å²) in [5.41, 5.74) is 0.353. The molecule has 0 N–H and O–H groups in total. The molecule has 8 heteroatoms. The fraction of sp³-hybridized carbons (Fsp3) is 0.300. The number of nitrogens with zero attached hydrogens (tertiary/aromatic N) is 2. The van der Waals surface area contributed by atoms with Gasteiger partial charge in [0.1, 0.15) is 10.3 Å². The molecule has 0 fully saturated rings. The van der Waals surface area contributed by atoms with Crippen LogP contribution in [0.3, 0.4) is 0 Å². The molecule has 5 nitrogen and oxygen atoms in total. The van der Waals surface area contributed by atoms with Gasteiger partial charge in [-0.25, -0.2) is 14.2 Å². The highest BCUT2D eigenvalue weighted by atomic mass is 35.5. The van der Waals surface area contributed by atoms with Crippen LogP contribution in [0.5, 0.6) is 5.88 Å². The molecule has 0 unspecified atom stereocenters. The fourth-order valence-electron chi connectivity index (χ4n) is 1.23. The van der Waals surface area contributed by atoms with E-state index in [1.807, 2.05) is 0 Å². The molecule has 2 rings (SSSR count). The van der Waals surface area contributed by atoms with Gasteiger partial charge in [-0.3, -0.25) is 0 Å². The van der Waals surface area contributed by atoms with Gasteiger partial charge in [0.15, 0.2) is 16.9 Å². The number of hydrogen-bond acceptors (Lipinski definition) is 6. The maximum atomic E-state index is 13.5. The van der Waals surface area contributed by atoms with Gasteiger partial charge in [-0.15, -0.1) is 0 Å². The molecule has 0 saturated carbocycles. The van der Waals surface area contributed by atoms with Crippen LogP contribution in [-0.4, -0.2) is 29.2 Å². The first-order chi connectivity index (χ1) is 8.60. The molecule has 0 bridgehead atoms. The second-order valence-corrected chi connectivity index (χ2v) is 4.72. The second kappa shape index (κ2) is 5.45. The lowest BCUT2D eigenvalue weighted by Gasteiger charge is -2.05. The van der Waals surface area contributed by atoms with E-state index in [1.54, 1.807) is 6.92 Å². The van der Waals surface area contributed by atoms with Crippen LogP contribution in [0.15, 0.2) is 6.07 Å². The van der Waals surface area contributed by atoms with Gasteiger partial charge in [0, 0.05) is 6.07 Å². The van der Waals surface area contributed by atoms with Crippen molar-refractivity contribution in [1.29, 1.82) is 0 Å². The number of fused-ring (bicyclic) bond motifs is 1. The molecule has 0 radical (unpaired) electrons. The molecule has 0 atom stereocenters. The van der Waals surface area contributed by atoms with E-state index < -0.39 is 18.4 Å². The Morgan fingerprint density at radius 2 is 2.33 bits per heavy atom. The van der Waals surface area contributed by atoms with E-state index in [9.17, 15) is 9.18 Å². The van der Waals surface area contributed by atoms with E-state index >= 15 is 0 Å². The third kappa shape index (κ3) is 2.85. The maximum Gasteiger partial charge on any atom is 0.344 e. The molecule has 0 aliphatic rings. The Kier molecular flexibility index (Phi) is 3.93. The molecule has 18 heavy (non-hydrogen) atoms. The Labute approximate surface area is 111 Å². The van der Waals surface area contributed by atoms with Gasteiger partial charge < -0.3 is 9.47 Å². The summed E-state index contributed by atoms with van der Waals surface area (Å²) in [6.07, 6.45) is 0. The van der Waals surface area contributed by atoms with Crippen LogP contribution in [0.4, 0.5) is 4.39 Å². The first-order valence-electron chi connectivity index (χ1n) is 5.01. The number of aromatic nitrogens is 2. The molecule has 96 valence electrons. The Balaban J connectivity index is 2.17. The van der Waals surface area contributed by atoms with Crippen LogP contribution < -0.4 is 4.74 Å². The zero-order valence-electron chi connectivity index (χ0n) is 9.27. The van der Waals surface area contributed by atoms with E-state index in [0.717, 1.165) is 17.4 Å². The smallest absolute Gasteiger partial charge is 0.344 e. The van der Waals surface area contributed by atoms with E-state index in [-0.39, 0.29) is 17.0 Å². The lowest BCUT2D eigenvalue weighted by Crippen LogP contribution is -2.15. The first-order valence-corrected chi connectivity index (χ1v) is 6.20. The molecule has 0 amide bonds. The molecule has 0 aliphatic carbocycles. The quantitative estimate of drug-likeness (QED) is 0.809. The topological polar surface area (TPSA) is 61.3 Å². The van der Waals surface area contributed by atoms with Crippen molar-refractivity contribution in [2.75, 3.05) is 13.2 Å². The number of halogens is 2. The minimum Gasteiger partial charge on any atom is -0.464 e. The molecule has 0 aromatic carbocycles. The SMILES string of the molecule is CCOC(=O)COc1nc2sc(Cl)nc2cc1F. The summed E-state index contributed by atoms with van der Waals surface area (Å²) < 4.78 is 23.4. The van der Waals surface area contributed by atoms with Crippen LogP contribution in [0, 0.1) is 5.82 Å². The fourth-order valence-corrected chi connectivity index (χ4v) is 2.18. The zero-order chi connectivity index (χ0) is 13.1. The largest absolute Gasteiger partial charge is 0.464 e. The van der Waals surface area contributed by atoms with Crippen molar-refractivity contribution in [3.05, 3.63) is 16.4 Å². The van der Waals surface area contributed by atoms with Crippen molar-refractivity contribution < 1.29 is 18.7 Å². The summed E-state index contributed by atoms with van der Waals surface area (Å²) in [6, 6.07) is 1.16. The number of pyridine rings is 1. The average molecular weight is 291 g/mol. The zero-order valence-corrected chi connectivity index (χ0v) is 10.8. The van der Waals surface area contributed by atoms with E-state index in [4.69, 9.17) is 16.3 Å². The number of hydrogen-bond donors (Lipinski definition) is 0. The molecular weight excluding hydrogens is 283 g/mol. The average Bonchev–Trinajstić information content (AvgIpc) is 2.65. The third-order valence-corrected chi connectivity index (χ3v) is 2.98. The highest BCUT2D eigenvalue weighted by Crippen LogP contribution is 2.27. The van der Waals surface area contributed by atoms with Crippen molar-refractivity contribution in [2.24, 2.45) is 0 Å². The van der Waals surface area contributed by atoms with Crippen molar-refractivity contribution in [2.45, 2.75) is 6.92 Å². The molecule has 2 aromatic rings. The number of carbonyl (C=O) groups is 1. The normalized spacial score (nSPS) is 10.6. The Bertz CT molecular complexity index is 590. The highest BCUT2D eigenvalue weighted by Gasteiger charge is 2.13. The second-order valence-electron chi connectivity index (χ2n) is 3.16. The van der Waals surface area contributed by atoms with Gasteiger partial charge in [0.05, 0.1) is 6.61 Å². The summed E-state index contributed by atoms with van der Waals surface area (Å²) in [7, 11) is 0. The van der Waals surface area contributed by atoms with Gasteiger partial charge in [-0.1, -0.05) is 22.9 Å². The van der Waals surface area contributed by atoms with Crippen molar-refractivity contribution >= 4 is 39.3 Å². The standard InChI is InChI=1S/C10H8ClFN2O3S/c1-2-16-7(15)4-17-8-5(12)3-6-9(14-8)18-10(11)13-6/h3H,2,4H2,1H3. The minimum absolute atomic E-state index is 0.238. The summed E-state index contributed by atoms with van der Waals surface area (Å²) in [4.78, 5) is 19.3. The van der Waals surface area contributed by atoms with Gasteiger partial charge in [0.25, 0.3) is 5.88 Å². The van der Waals surface area contributed by atoms with Crippen molar-refractivity contribution in [3.8, 4) is 5.88 Å². The van der Waals surface area contributed by atoms with Crippen molar-refractivity contribution in [3.63, 3.8) is 0 Å². The monoisotopic (exact) mass is 290 g/mol. The summed E-state index contributed by atoms with van der Waals surface area (Å²) in [5, 5.41) is 0. The Hall–Kier alpha value is -1.47. The Morgan fingerprint density at radius 1 is 1.56 bits per heavy atom. The third-order valence-electron chi connectivity index (χ3n) is 1.91. The summed E-state index contributed by atoms with van der Waals surface area (Å²) in [5.74, 6) is -1.55. The summed E-state index contributed by atoms with van der Waals surface area (Å²) in [6.45, 7) is 1.51. The number of ether oxygens (including phenoxy) is 2. The molecule has 0 spiro atoms. The summed E-state index contributed by atoms with van der Waals surface area (Å²) >= 11 is 6.79. The molecular formula is C10H8ClFN2O3S. The lowest BCUT2D eigenvalue weighted by atomic mass is 10.4. The van der Waals surface area contributed by atoms with Crippen LogP contribution >= 0.6 is 22.9 Å². The maximum absolute atomic E-state index is 13.5. The predicted molar refractivity (Wildman–Crippen MR) is 64.5 cm³/mol.